The van der Waals surface area contributed by atoms with E-state index < -0.39 is 0 Å². The smallest absolute Gasteiger partial charge is 0.0462 e. The minimum Gasteiger partial charge on any atom is -0.311 e. The van der Waals surface area contributed by atoms with Crippen molar-refractivity contribution in [2.45, 2.75) is 47.3 Å². The van der Waals surface area contributed by atoms with Gasteiger partial charge in [-0.15, -0.1) is 0 Å². The first-order valence-corrected chi connectivity index (χ1v) is 21.2. The van der Waals surface area contributed by atoms with E-state index in [9.17, 15) is 0 Å². The maximum Gasteiger partial charge on any atom is 0.0462 e. The average Bonchev–Trinajstić information content (AvgIpc) is 3.58. The highest BCUT2D eigenvalue weighted by atomic mass is 15.1. The Kier molecular flexibility index (Phi) is 5.60. The minimum absolute atomic E-state index is 0.404. The van der Waals surface area contributed by atoms with E-state index in [1.807, 2.05) is 0 Å². The summed E-state index contributed by atoms with van der Waals surface area (Å²) in [6, 6.07) is 70.4. The average molecular weight is 739 g/mol. The molecule has 24 bridgehead atoms. The third-order valence-corrected chi connectivity index (χ3v) is 15.7. The molecule has 0 saturated heterocycles. The molecule has 2 fully saturated rings. The zero-order valence-corrected chi connectivity index (χ0v) is 31.8. The molecule has 0 spiro atoms. The van der Waals surface area contributed by atoms with Crippen molar-refractivity contribution < 1.29 is 0 Å². The first-order chi connectivity index (χ1) is 28.7. The Bertz CT molecular complexity index is 2640. The van der Waals surface area contributed by atoms with Gasteiger partial charge in [-0.3, -0.25) is 0 Å². The lowest BCUT2D eigenvalue weighted by molar-refractivity contribution is 0.229. The lowest BCUT2D eigenvalue weighted by Gasteiger charge is -2.53. The molecule has 8 aromatic carbocycles. The van der Waals surface area contributed by atoms with Crippen LogP contribution in [0.5, 0.6) is 0 Å². The minimum atomic E-state index is 0.404. The molecule has 2 saturated carbocycles. The van der Waals surface area contributed by atoms with Crippen LogP contribution in [-0.2, 0) is 0 Å². The lowest BCUT2D eigenvalue weighted by atomic mass is 9.49. The topological polar surface area (TPSA) is 6.48 Å². The van der Waals surface area contributed by atoms with Gasteiger partial charge in [0.1, 0.15) is 0 Å². The summed E-state index contributed by atoms with van der Waals surface area (Å²) in [5, 5.41) is 0. The third-order valence-electron chi connectivity index (χ3n) is 15.7. The summed E-state index contributed by atoms with van der Waals surface area (Å²) in [4.78, 5) is 4.77. The van der Waals surface area contributed by atoms with Crippen LogP contribution in [0.3, 0.4) is 0 Å². The van der Waals surface area contributed by atoms with Gasteiger partial charge >= 0.3 is 0 Å². The molecule has 0 amide bonds. The zero-order valence-electron chi connectivity index (χ0n) is 31.8. The molecule has 2 heteroatoms. The van der Waals surface area contributed by atoms with Crippen molar-refractivity contribution in [2.24, 2.45) is 0 Å². The van der Waals surface area contributed by atoms with Gasteiger partial charge < -0.3 is 9.80 Å². The van der Waals surface area contributed by atoms with Crippen LogP contribution in [0.1, 0.15) is 91.9 Å². The van der Waals surface area contributed by atoms with Crippen LogP contribution in [0.4, 0.5) is 34.1 Å². The third kappa shape index (κ3) is 3.84. The van der Waals surface area contributed by atoms with E-state index in [-0.39, 0.29) is 0 Å². The molecule has 20 aliphatic heterocycles. The number of hydrogen-bond donors (Lipinski definition) is 0. The summed E-state index contributed by atoms with van der Waals surface area (Å²) in [5.74, 6) is 4.90. The van der Waals surface area contributed by atoms with Crippen LogP contribution in [0, 0.1) is 0 Å². The molecule has 272 valence electrons. The second-order valence-corrected chi connectivity index (χ2v) is 18.1. The number of hydrogen-bond acceptors (Lipinski definition) is 2. The van der Waals surface area contributed by atoms with Crippen LogP contribution in [0.25, 0.3) is 22.3 Å². The van der Waals surface area contributed by atoms with Crippen molar-refractivity contribution >= 4 is 34.1 Å². The molecule has 2 nitrogen and oxygen atoms in total. The molecule has 0 unspecified atom stereocenters. The molecule has 26 aliphatic rings. The molecule has 0 radical (unpaired) electrons. The summed E-state index contributed by atoms with van der Waals surface area (Å²) < 4.78 is 0. The summed E-state index contributed by atoms with van der Waals surface area (Å²) >= 11 is 0. The fourth-order valence-electron chi connectivity index (χ4n) is 13.2. The number of nitrogens with zero attached hydrogens (tertiary/aromatic N) is 2. The molecule has 20 heterocycles. The number of rotatable bonds is 0. The first kappa shape index (κ1) is 30.5. The van der Waals surface area contributed by atoms with E-state index in [0.717, 1.165) is 23.7 Å². The van der Waals surface area contributed by atoms with Gasteiger partial charge in [0.2, 0.25) is 0 Å². The number of benzene rings is 8. The van der Waals surface area contributed by atoms with Crippen molar-refractivity contribution in [3.63, 3.8) is 0 Å². The predicted molar refractivity (Wildman–Crippen MR) is 235 cm³/mol. The maximum absolute atomic E-state index is 2.46. The van der Waals surface area contributed by atoms with Gasteiger partial charge in [0.15, 0.2) is 0 Å². The highest BCUT2D eigenvalue weighted by Crippen LogP contribution is 2.74. The summed E-state index contributed by atoms with van der Waals surface area (Å²) in [5.41, 5.74) is 24.6. The van der Waals surface area contributed by atoms with Gasteiger partial charge in [-0.25, -0.2) is 0 Å². The van der Waals surface area contributed by atoms with Gasteiger partial charge in [-0.2, -0.15) is 0 Å². The molecular formula is C56H38N2. The quantitative estimate of drug-likeness (QED) is 0.153. The highest BCUT2D eigenvalue weighted by molar-refractivity contribution is 5.82. The largest absolute Gasteiger partial charge is 0.311 e. The Balaban J connectivity index is 0.000000166. The summed E-state index contributed by atoms with van der Waals surface area (Å²) in [6.07, 6.45) is 0. The molecule has 6 aliphatic carbocycles. The molecule has 0 N–H and O–H groups in total. The lowest BCUT2D eigenvalue weighted by Crippen LogP contribution is -2.40. The van der Waals surface area contributed by atoms with E-state index in [4.69, 9.17) is 0 Å². The van der Waals surface area contributed by atoms with Crippen molar-refractivity contribution in [3.8, 4) is 22.3 Å². The fourth-order valence-corrected chi connectivity index (χ4v) is 13.2. The van der Waals surface area contributed by atoms with E-state index >= 15 is 0 Å². The van der Waals surface area contributed by atoms with Crippen molar-refractivity contribution in [1.29, 1.82) is 0 Å². The molecular weight excluding hydrogens is 701 g/mol. The molecule has 0 atom stereocenters. The second kappa shape index (κ2) is 10.6. The van der Waals surface area contributed by atoms with E-state index in [1.165, 1.54) is 78.6 Å². The Morgan fingerprint density at radius 2 is 0.397 bits per heavy atom. The van der Waals surface area contributed by atoms with Crippen molar-refractivity contribution in [1.82, 2.24) is 0 Å². The first-order valence-electron chi connectivity index (χ1n) is 21.2. The van der Waals surface area contributed by atoms with E-state index in [1.54, 1.807) is 22.3 Å². The van der Waals surface area contributed by atoms with E-state index in [0.29, 0.717) is 23.7 Å². The van der Waals surface area contributed by atoms with Crippen molar-refractivity contribution in [2.75, 3.05) is 9.80 Å². The van der Waals surface area contributed by atoms with Crippen LogP contribution >= 0.6 is 0 Å². The predicted octanol–water partition coefficient (Wildman–Crippen LogP) is 14.4. The van der Waals surface area contributed by atoms with Crippen molar-refractivity contribution in [3.05, 3.63) is 226 Å². The van der Waals surface area contributed by atoms with Gasteiger partial charge in [0, 0.05) is 34.1 Å². The van der Waals surface area contributed by atoms with Crippen LogP contribution in [-0.4, -0.2) is 0 Å². The second-order valence-electron chi connectivity index (χ2n) is 18.1. The van der Waals surface area contributed by atoms with E-state index in [2.05, 4.69) is 192 Å². The molecule has 0 aromatic heterocycles. The number of anilines is 6. The Labute approximate surface area is 338 Å². The molecule has 34 rings (SSSR count). The van der Waals surface area contributed by atoms with Gasteiger partial charge in [-0.05, 0) is 187 Å². The van der Waals surface area contributed by atoms with Crippen LogP contribution in [0.15, 0.2) is 182 Å². The standard InChI is InChI=1S/C40H28N2.C16H10/c1-13-31-14-2-25(1)26-3-15-32(16-4-26)42-35-21-9-29(10-22-35)39-37-27-5-17-33(18-6-27)41(31)34-19-7-28(8-20-34)38(37)40(39)30-11-23-36(42)24-12-30;1-7-2-10-5-9(1)13-14(10)16-12-4-8(7)3-11(6-12)15(13)16/h1-24,37-40H;1-6,13-16H. The monoisotopic (exact) mass is 738 g/mol. The Morgan fingerprint density at radius 1 is 0.190 bits per heavy atom. The Morgan fingerprint density at radius 3 is 0.638 bits per heavy atom. The zero-order chi connectivity index (χ0) is 37.4. The van der Waals surface area contributed by atoms with Gasteiger partial charge in [0.05, 0.1) is 0 Å². The summed E-state index contributed by atoms with van der Waals surface area (Å²) in [6.45, 7) is 0. The van der Waals surface area contributed by atoms with Crippen LogP contribution < -0.4 is 9.80 Å². The Hall–Kier alpha value is -6.64. The fraction of sp³-hybridized carbons (Fsp3) is 0.143. The molecule has 8 aromatic rings. The highest BCUT2D eigenvalue weighted by Gasteiger charge is 2.59. The summed E-state index contributed by atoms with van der Waals surface area (Å²) in [7, 11) is 0. The van der Waals surface area contributed by atoms with Gasteiger partial charge in [-0.1, -0.05) is 109 Å². The maximum atomic E-state index is 2.46. The normalized spacial score (nSPS) is 25.9. The van der Waals surface area contributed by atoms with Gasteiger partial charge in [0.25, 0.3) is 0 Å². The molecule has 58 heavy (non-hydrogen) atoms. The van der Waals surface area contributed by atoms with Crippen LogP contribution in [0.2, 0.25) is 0 Å². The SMILES string of the molecule is c1c2cc3cc1C1C3C3c4cc-2cc(c4)C13.c1cc2ccc1-c1ccc(cc1)N1c3ccc(cc3)C3C4c5ccc(cc5)N2c2ccc(cc2)C4C3c2ccc1cc2.